The van der Waals surface area contributed by atoms with E-state index in [1.54, 1.807) is 22.7 Å². The van der Waals surface area contributed by atoms with Crippen molar-refractivity contribution in [2.24, 2.45) is 0 Å². The molecule has 9 nitrogen and oxygen atoms in total. The lowest BCUT2D eigenvalue weighted by Crippen LogP contribution is -2.34. The van der Waals surface area contributed by atoms with Gasteiger partial charge in [-0.15, -0.1) is 0 Å². The second-order valence-corrected chi connectivity index (χ2v) is 12.5. The summed E-state index contributed by atoms with van der Waals surface area (Å²) in [4.78, 5) is 25.6. The fourth-order valence-electron chi connectivity index (χ4n) is 5.70. The highest BCUT2D eigenvalue weighted by atomic mass is 32.2. The van der Waals surface area contributed by atoms with Crippen molar-refractivity contribution in [3.63, 3.8) is 0 Å². The van der Waals surface area contributed by atoms with E-state index in [1.165, 1.54) is 24.5 Å². The van der Waals surface area contributed by atoms with Gasteiger partial charge < -0.3 is 14.9 Å². The topological polar surface area (TPSA) is 108 Å². The summed E-state index contributed by atoms with van der Waals surface area (Å²) in [5.41, 5.74) is 1.52. The third-order valence-corrected chi connectivity index (χ3v) is 9.42. The van der Waals surface area contributed by atoms with Crippen molar-refractivity contribution in [3.05, 3.63) is 83.9 Å². The number of pyridine rings is 2. The number of carbonyl (C=O) groups is 1. The number of hydrogen-bond acceptors (Lipinski definition) is 8. The molecule has 0 spiro atoms. The Bertz CT molecular complexity index is 1710. The number of halogens is 2. The first-order valence-electron chi connectivity index (χ1n) is 13.5. The van der Waals surface area contributed by atoms with Crippen LogP contribution in [0.5, 0.6) is 0 Å². The Hall–Kier alpha value is -3.90. The Morgan fingerprint density at radius 2 is 1.85 bits per heavy atom. The molecule has 2 aliphatic rings. The summed E-state index contributed by atoms with van der Waals surface area (Å²) in [7, 11) is -4.00. The number of hydrogen-bond donors (Lipinski definition) is 1. The van der Waals surface area contributed by atoms with Gasteiger partial charge in [0.2, 0.25) is 0 Å². The van der Waals surface area contributed by atoms with Crippen LogP contribution in [-0.2, 0) is 9.84 Å². The standard InChI is InChI=1S/C29H29F2N5O4S/c30-19-4-7-24(31)23(13-19)25-3-1-2-11-35(25)20-5-8-29-33-15-26(36(29)16-20)27(38)18-41(39,40)22-6-9-28(32-14-22)34-12-10-21(37)17-34/h4-9,13-16,21,25,37H,1-3,10-12,17-18H2/t21-,25?/m1/s1. The number of imidazole rings is 1. The number of anilines is 2. The van der Waals surface area contributed by atoms with Crippen LogP contribution in [-0.4, -0.2) is 65.2 Å². The monoisotopic (exact) mass is 581 g/mol. The van der Waals surface area contributed by atoms with E-state index in [4.69, 9.17) is 0 Å². The summed E-state index contributed by atoms with van der Waals surface area (Å²) >= 11 is 0. The van der Waals surface area contributed by atoms with E-state index in [-0.39, 0.29) is 22.2 Å². The minimum atomic E-state index is -4.00. The molecule has 214 valence electrons. The zero-order valence-corrected chi connectivity index (χ0v) is 23.0. The number of aromatic nitrogens is 3. The average molecular weight is 582 g/mol. The van der Waals surface area contributed by atoms with Crippen LogP contribution in [0, 0.1) is 11.6 Å². The van der Waals surface area contributed by atoms with Crippen molar-refractivity contribution < 1.29 is 27.1 Å². The SMILES string of the molecule is O=C(CS(=O)(=O)c1ccc(N2CC[C@@H](O)C2)nc1)c1cnc2ccc(N3CCCCC3c3cc(F)ccc3F)cn12. The van der Waals surface area contributed by atoms with Crippen LogP contribution < -0.4 is 9.80 Å². The van der Waals surface area contributed by atoms with Crippen molar-refractivity contribution in [2.75, 3.05) is 35.2 Å². The number of fused-ring (bicyclic) bond motifs is 1. The summed E-state index contributed by atoms with van der Waals surface area (Å²) < 4.78 is 56.5. The van der Waals surface area contributed by atoms with Gasteiger partial charge in [0.1, 0.15) is 34.5 Å². The van der Waals surface area contributed by atoms with Crippen LogP contribution in [0.1, 0.15) is 47.8 Å². The van der Waals surface area contributed by atoms with Gasteiger partial charge in [-0.1, -0.05) is 0 Å². The summed E-state index contributed by atoms with van der Waals surface area (Å²) in [5, 5.41) is 9.75. The Kier molecular flexibility index (Phi) is 7.20. The first-order valence-corrected chi connectivity index (χ1v) is 15.2. The lowest BCUT2D eigenvalue weighted by molar-refractivity contribution is 0.101. The number of sulfone groups is 1. The quantitative estimate of drug-likeness (QED) is 0.327. The first kappa shape index (κ1) is 27.3. The van der Waals surface area contributed by atoms with Crippen molar-refractivity contribution >= 4 is 32.8 Å². The molecule has 2 saturated heterocycles. The molecule has 4 aromatic rings. The molecule has 5 heterocycles. The van der Waals surface area contributed by atoms with Crippen LogP contribution in [0.2, 0.25) is 0 Å². The largest absolute Gasteiger partial charge is 0.391 e. The molecule has 1 aromatic carbocycles. The molecule has 0 bridgehead atoms. The summed E-state index contributed by atoms with van der Waals surface area (Å²) in [6.07, 6.45) is 6.82. The van der Waals surface area contributed by atoms with Gasteiger partial charge in [-0.25, -0.2) is 27.2 Å². The molecule has 2 atom stereocenters. The van der Waals surface area contributed by atoms with Crippen LogP contribution in [0.4, 0.5) is 20.3 Å². The normalized spacial score (nSPS) is 19.7. The molecule has 0 aliphatic carbocycles. The molecule has 0 amide bonds. The van der Waals surface area contributed by atoms with Crippen LogP contribution in [0.25, 0.3) is 5.65 Å². The number of Topliss-reactive ketones (excluding diaryl/α,β-unsaturated/α-hetero) is 1. The molecule has 1 N–H and O–H groups in total. The smallest absolute Gasteiger partial charge is 0.196 e. The average Bonchev–Trinajstić information content (AvgIpc) is 3.60. The van der Waals surface area contributed by atoms with E-state index in [1.807, 2.05) is 15.9 Å². The molecule has 2 fully saturated rings. The van der Waals surface area contributed by atoms with E-state index in [9.17, 15) is 27.1 Å². The number of aliphatic hydroxyl groups is 1. The van der Waals surface area contributed by atoms with Crippen LogP contribution in [0.15, 0.2) is 66.0 Å². The van der Waals surface area contributed by atoms with Gasteiger partial charge in [-0.3, -0.25) is 9.20 Å². The molecule has 2 aliphatic heterocycles. The Labute approximate surface area is 236 Å². The second-order valence-electron chi connectivity index (χ2n) is 10.6. The highest BCUT2D eigenvalue weighted by molar-refractivity contribution is 7.92. The van der Waals surface area contributed by atoms with Crippen LogP contribution in [0.3, 0.4) is 0 Å². The van der Waals surface area contributed by atoms with Crippen LogP contribution >= 0.6 is 0 Å². The number of ketones is 1. The molecule has 1 unspecified atom stereocenters. The molecule has 12 heteroatoms. The Balaban J connectivity index is 1.25. The number of benzene rings is 1. The van der Waals surface area contributed by atoms with E-state index in [0.29, 0.717) is 49.6 Å². The number of β-amino-alcohol motifs (C(OH)–C–C–N with tert-alkyl or cyclic N) is 1. The predicted molar refractivity (Wildman–Crippen MR) is 149 cm³/mol. The lowest BCUT2D eigenvalue weighted by Gasteiger charge is -2.38. The Morgan fingerprint density at radius 1 is 1.00 bits per heavy atom. The van der Waals surface area contributed by atoms with Gasteiger partial charge in [0.05, 0.1) is 28.9 Å². The van der Waals surface area contributed by atoms with E-state index >= 15 is 0 Å². The maximum Gasteiger partial charge on any atom is 0.196 e. The van der Waals surface area contributed by atoms with Crippen molar-refractivity contribution in [1.82, 2.24) is 14.4 Å². The highest BCUT2D eigenvalue weighted by Crippen LogP contribution is 2.36. The van der Waals surface area contributed by atoms with Crippen molar-refractivity contribution in [3.8, 4) is 0 Å². The number of piperidine rings is 1. The predicted octanol–water partition coefficient (Wildman–Crippen LogP) is 3.97. The lowest BCUT2D eigenvalue weighted by atomic mass is 9.94. The summed E-state index contributed by atoms with van der Waals surface area (Å²) in [5.74, 6) is -1.82. The minimum absolute atomic E-state index is 0.0721. The van der Waals surface area contributed by atoms with Gasteiger partial charge in [0.25, 0.3) is 0 Å². The van der Waals surface area contributed by atoms with Gasteiger partial charge in [-0.2, -0.15) is 0 Å². The maximum atomic E-state index is 14.7. The highest BCUT2D eigenvalue weighted by Gasteiger charge is 2.29. The van der Waals surface area contributed by atoms with Crippen molar-refractivity contribution in [2.45, 2.75) is 42.7 Å². The van der Waals surface area contributed by atoms with E-state index in [0.717, 1.165) is 25.0 Å². The zero-order chi connectivity index (χ0) is 28.7. The van der Waals surface area contributed by atoms with Gasteiger partial charge in [0.15, 0.2) is 15.6 Å². The molecule has 0 radical (unpaired) electrons. The Morgan fingerprint density at radius 3 is 2.61 bits per heavy atom. The number of carbonyl (C=O) groups excluding carboxylic acids is 1. The van der Waals surface area contributed by atoms with Gasteiger partial charge in [-0.05, 0) is 68.1 Å². The fourth-order valence-corrected chi connectivity index (χ4v) is 6.85. The molecule has 41 heavy (non-hydrogen) atoms. The molecule has 6 rings (SSSR count). The van der Waals surface area contributed by atoms with Crippen molar-refractivity contribution in [1.29, 1.82) is 0 Å². The van der Waals surface area contributed by atoms with E-state index < -0.39 is 39.1 Å². The zero-order valence-electron chi connectivity index (χ0n) is 22.2. The minimum Gasteiger partial charge on any atom is -0.391 e. The first-order chi connectivity index (χ1) is 19.7. The van der Waals surface area contributed by atoms with Gasteiger partial charge >= 0.3 is 0 Å². The van der Waals surface area contributed by atoms with E-state index in [2.05, 4.69) is 9.97 Å². The summed E-state index contributed by atoms with van der Waals surface area (Å²) in [6.45, 7) is 1.67. The maximum absolute atomic E-state index is 14.7. The molecular weight excluding hydrogens is 552 g/mol. The molecule has 0 saturated carbocycles. The molecular formula is C29H29F2N5O4S. The fraction of sp³-hybridized carbons (Fsp3) is 0.345. The number of rotatable bonds is 7. The van der Waals surface area contributed by atoms with Gasteiger partial charge in [0, 0.05) is 37.6 Å². The molecule has 3 aromatic heterocycles. The second kappa shape index (κ2) is 10.8. The third kappa shape index (κ3) is 5.41. The summed E-state index contributed by atoms with van der Waals surface area (Å²) in [6, 6.07) is 9.59. The third-order valence-electron chi connectivity index (χ3n) is 7.82. The number of aliphatic hydroxyl groups excluding tert-OH is 1. The number of nitrogens with zero attached hydrogens (tertiary/aromatic N) is 5.